The summed E-state index contributed by atoms with van der Waals surface area (Å²) < 4.78 is 0. The van der Waals surface area contributed by atoms with E-state index in [4.69, 9.17) is 16.8 Å². The molecule has 0 aromatic heterocycles. The van der Waals surface area contributed by atoms with Crippen LogP contribution in [-0.4, -0.2) is 33.9 Å². The van der Waals surface area contributed by atoms with E-state index in [-0.39, 0.29) is 17.7 Å². The molecule has 6 heteroatoms. The van der Waals surface area contributed by atoms with Crippen LogP contribution in [0, 0.1) is 0 Å². The van der Waals surface area contributed by atoms with Crippen molar-refractivity contribution < 1.29 is 14.8 Å². The number of alkyl halides is 1. The standard InChI is InChI=1S/C15H21ClN2O3/c1-15(2,3)17-13(11(16)9-12(19)18-21)14(20)10-7-5-4-6-8-10/h4-8,11,13,17,21H,9H2,1-3H3,(H,18,19). The van der Waals surface area contributed by atoms with Crippen LogP contribution in [0.2, 0.25) is 0 Å². The smallest absolute Gasteiger partial charge is 0.244 e. The van der Waals surface area contributed by atoms with Gasteiger partial charge in [0.1, 0.15) is 0 Å². The third-order valence-corrected chi connectivity index (χ3v) is 3.20. The third kappa shape index (κ3) is 5.83. The van der Waals surface area contributed by atoms with Crippen LogP contribution in [0.3, 0.4) is 0 Å². The van der Waals surface area contributed by atoms with Gasteiger partial charge in [-0.15, -0.1) is 11.6 Å². The van der Waals surface area contributed by atoms with E-state index in [0.717, 1.165) is 0 Å². The van der Waals surface area contributed by atoms with E-state index in [1.54, 1.807) is 24.3 Å². The summed E-state index contributed by atoms with van der Waals surface area (Å²) in [5, 5.41) is 11.0. The van der Waals surface area contributed by atoms with E-state index >= 15 is 0 Å². The number of ketones is 1. The summed E-state index contributed by atoms with van der Waals surface area (Å²) >= 11 is 6.22. The van der Waals surface area contributed by atoms with Gasteiger partial charge in [-0.1, -0.05) is 30.3 Å². The highest BCUT2D eigenvalue weighted by molar-refractivity contribution is 6.24. The molecule has 0 spiro atoms. The minimum Gasteiger partial charge on any atom is -0.301 e. The quantitative estimate of drug-likeness (QED) is 0.325. The third-order valence-electron chi connectivity index (χ3n) is 2.80. The normalized spacial score (nSPS) is 14.3. The predicted octanol–water partition coefficient (Wildman–Crippen LogP) is 2.13. The first-order valence-electron chi connectivity index (χ1n) is 6.68. The van der Waals surface area contributed by atoms with Crippen molar-refractivity contribution in [1.29, 1.82) is 0 Å². The van der Waals surface area contributed by atoms with Crippen LogP contribution >= 0.6 is 11.6 Å². The van der Waals surface area contributed by atoms with E-state index < -0.39 is 17.3 Å². The molecule has 1 amide bonds. The van der Waals surface area contributed by atoms with Crippen molar-refractivity contribution in [1.82, 2.24) is 10.8 Å². The molecule has 0 radical (unpaired) electrons. The molecule has 2 atom stereocenters. The Hall–Kier alpha value is -1.43. The number of halogens is 1. The largest absolute Gasteiger partial charge is 0.301 e. The predicted molar refractivity (Wildman–Crippen MR) is 81.6 cm³/mol. The number of Topliss-reactive ketones (excluding diaryl/α,β-unsaturated/α-hetero) is 1. The van der Waals surface area contributed by atoms with Crippen molar-refractivity contribution in [3.8, 4) is 0 Å². The highest BCUT2D eigenvalue weighted by Crippen LogP contribution is 2.17. The summed E-state index contributed by atoms with van der Waals surface area (Å²) in [6.07, 6.45) is -0.162. The lowest BCUT2D eigenvalue weighted by atomic mass is 9.96. The summed E-state index contributed by atoms with van der Waals surface area (Å²) in [5.41, 5.74) is 1.70. The number of hydrogen-bond donors (Lipinski definition) is 3. The molecule has 0 aliphatic carbocycles. The monoisotopic (exact) mass is 312 g/mol. The maximum absolute atomic E-state index is 12.6. The number of benzene rings is 1. The molecule has 3 N–H and O–H groups in total. The molecule has 0 saturated heterocycles. The number of hydroxylamine groups is 1. The number of hydrogen-bond acceptors (Lipinski definition) is 4. The Bertz CT molecular complexity index is 485. The highest BCUT2D eigenvalue weighted by Gasteiger charge is 2.32. The van der Waals surface area contributed by atoms with Gasteiger partial charge in [-0.05, 0) is 20.8 Å². The fourth-order valence-electron chi connectivity index (χ4n) is 1.91. The summed E-state index contributed by atoms with van der Waals surface area (Å²) in [7, 11) is 0. The van der Waals surface area contributed by atoms with Gasteiger partial charge in [0.05, 0.1) is 11.4 Å². The topological polar surface area (TPSA) is 78.4 Å². The molecule has 1 rings (SSSR count). The number of amides is 1. The van der Waals surface area contributed by atoms with Gasteiger partial charge in [-0.2, -0.15) is 0 Å². The van der Waals surface area contributed by atoms with Crippen LogP contribution in [0.1, 0.15) is 37.6 Å². The second kappa shape index (κ2) is 7.54. The number of carbonyl (C=O) groups excluding carboxylic acids is 2. The lowest BCUT2D eigenvalue weighted by molar-refractivity contribution is -0.129. The molecular formula is C15H21ClN2O3. The van der Waals surface area contributed by atoms with Crippen LogP contribution in [0.25, 0.3) is 0 Å². The highest BCUT2D eigenvalue weighted by atomic mass is 35.5. The summed E-state index contributed by atoms with van der Waals surface area (Å²) in [4.78, 5) is 23.9. The maximum Gasteiger partial charge on any atom is 0.244 e. The van der Waals surface area contributed by atoms with E-state index in [0.29, 0.717) is 5.56 Å². The summed E-state index contributed by atoms with van der Waals surface area (Å²) in [6.45, 7) is 5.73. The van der Waals surface area contributed by atoms with Crippen LogP contribution in [0.4, 0.5) is 0 Å². The van der Waals surface area contributed by atoms with Crippen molar-refractivity contribution in [2.45, 2.75) is 44.1 Å². The van der Waals surface area contributed by atoms with Gasteiger partial charge in [0.15, 0.2) is 5.78 Å². The summed E-state index contributed by atoms with van der Waals surface area (Å²) in [5.74, 6) is -0.812. The molecule has 0 fully saturated rings. The molecule has 116 valence electrons. The second-order valence-electron chi connectivity index (χ2n) is 5.86. The Morgan fingerprint density at radius 1 is 1.24 bits per heavy atom. The van der Waals surface area contributed by atoms with Gasteiger partial charge in [0, 0.05) is 17.5 Å². The van der Waals surface area contributed by atoms with Gasteiger partial charge in [0.2, 0.25) is 5.91 Å². The average Bonchev–Trinajstić information content (AvgIpc) is 2.43. The zero-order chi connectivity index (χ0) is 16.0. The average molecular weight is 313 g/mol. The maximum atomic E-state index is 12.6. The van der Waals surface area contributed by atoms with Crippen molar-refractivity contribution in [2.24, 2.45) is 0 Å². The number of nitrogens with one attached hydrogen (secondary N) is 2. The van der Waals surface area contributed by atoms with Crippen molar-refractivity contribution >= 4 is 23.3 Å². The van der Waals surface area contributed by atoms with Crippen molar-refractivity contribution in [3.63, 3.8) is 0 Å². The van der Waals surface area contributed by atoms with Crippen molar-refractivity contribution in [2.75, 3.05) is 0 Å². The zero-order valence-corrected chi connectivity index (χ0v) is 13.1. The minimum absolute atomic E-state index is 0.162. The van der Waals surface area contributed by atoms with Crippen LogP contribution in [-0.2, 0) is 4.79 Å². The molecule has 0 saturated carbocycles. The fourth-order valence-corrected chi connectivity index (χ4v) is 2.23. The Morgan fingerprint density at radius 3 is 2.29 bits per heavy atom. The zero-order valence-electron chi connectivity index (χ0n) is 12.4. The minimum atomic E-state index is -0.774. The Labute approximate surface area is 129 Å². The van der Waals surface area contributed by atoms with E-state index in [9.17, 15) is 9.59 Å². The lowest BCUT2D eigenvalue weighted by Gasteiger charge is -2.30. The molecule has 5 nitrogen and oxygen atoms in total. The molecule has 21 heavy (non-hydrogen) atoms. The molecule has 1 aromatic rings. The van der Waals surface area contributed by atoms with Gasteiger partial charge in [-0.25, -0.2) is 5.48 Å². The Morgan fingerprint density at radius 2 is 1.81 bits per heavy atom. The molecular weight excluding hydrogens is 292 g/mol. The molecule has 0 aliphatic heterocycles. The number of rotatable bonds is 6. The lowest BCUT2D eigenvalue weighted by Crippen LogP contribution is -2.53. The van der Waals surface area contributed by atoms with Gasteiger partial charge < -0.3 is 5.32 Å². The van der Waals surface area contributed by atoms with Gasteiger partial charge >= 0.3 is 0 Å². The summed E-state index contributed by atoms with van der Waals surface area (Å²) in [6, 6.07) is 8.03. The first-order valence-corrected chi connectivity index (χ1v) is 7.12. The Kier molecular flexibility index (Phi) is 6.33. The Balaban J connectivity index is 2.96. The van der Waals surface area contributed by atoms with E-state index in [1.165, 1.54) is 5.48 Å². The number of carbonyl (C=O) groups is 2. The molecule has 0 aliphatic rings. The SMILES string of the molecule is CC(C)(C)NC(C(=O)c1ccccc1)C(Cl)CC(=O)NO. The van der Waals surface area contributed by atoms with Crippen molar-refractivity contribution in [3.05, 3.63) is 35.9 Å². The first-order chi connectivity index (χ1) is 9.74. The second-order valence-corrected chi connectivity index (χ2v) is 6.42. The fraction of sp³-hybridized carbons (Fsp3) is 0.467. The van der Waals surface area contributed by atoms with Gasteiger partial charge in [0.25, 0.3) is 0 Å². The van der Waals surface area contributed by atoms with E-state index in [2.05, 4.69) is 5.32 Å². The molecule has 0 bridgehead atoms. The van der Waals surface area contributed by atoms with Crippen LogP contribution in [0.5, 0.6) is 0 Å². The molecule has 0 heterocycles. The van der Waals surface area contributed by atoms with Crippen LogP contribution in [0.15, 0.2) is 30.3 Å². The van der Waals surface area contributed by atoms with E-state index in [1.807, 2.05) is 26.8 Å². The molecule has 2 unspecified atom stereocenters. The van der Waals surface area contributed by atoms with Crippen LogP contribution < -0.4 is 10.8 Å². The van der Waals surface area contributed by atoms with Gasteiger partial charge in [-0.3, -0.25) is 14.8 Å². The first kappa shape index (κ1) is 17.6. The molecule has 1 aromatic carbocycles.